The van der Waals surface area contributed by atoms with Crippen LogP contribution in [0.3, 0.4) is 0 Å². The summed E-state index contributed by atoms with van der Waals surface area (Å²) in [5.74, 6) is 0.706. The maximum atomic E-state index is 5.74. The zero-order valence-corrected chi connectivity index (χ0v) is 13.7. The molecule has 20 heavy (non-hydrogen) atoms. The molecule has 0 aliphatic rings. The Morgan fingerprint density at radius 3 is 2.15 bits per heavy atom. The highest BCUT2D eigenvalue weighted by Crippen LogP contribution is 2.18. The largest absolute Gasteiger partial charge is 0.330 e. The molecule has 0 atom stereocenters. The summed E-state index contributed by atoms with van der Waals surface area (Å²) in [5.41, 5.74) is 8.60. The van der Waals surface area contributed by atoms with Gasteiger partial charge in [-0.25, -0.2) is 0 Å². The standard InChI is InChI=1S/C18H32N2/c1-5-18(6-2)20(13-15(3)4)14-17-10-8-7-9-16(17)11-12-19/h7-10,15,18H,5-6,11-14,19H2,1-4H3. The first-order valence-corrected chi connectivity index (χ1v) is 8.13. The molecule has 0 amide bonds. The van der Waals surface area contributed by atoms with Crippen molar-refractivity contribution in [1.29, 1.82) is 0 Å². The van der Waals surface area contributed by atoms with Gasteiger partial charge >= 0.3 is 0 Å². The Labute approximate surface area is 125 Å². The molecule has 1 aromatic carbocycles. The lowest BCUT2D eigenvalue weighted by atomic mass is 10.0. The molecule has 0 aliphatic heterocycles. The molecule has 1 rings (SSSR count). The Morgan fingerprint density at radius 2 is 1.65 bits per heavy atom. The van der Waals surface area contributed by atoms with E-state index in [9.17, 15) is 0 Å². The van der Waals surface area contributed by atoms with E-state index < -0.39 is 0 Å². The highest BCUT2D eigenvalue weighted by Gasteiger charge is 2.17. The number of nitrogens with two attached hydrogens (primary N) is 1. The van der Waals surface area contributed by atoms with Gasteiger partial charge in [-0.2, -0.15) is 0 Å². The average molecular weight is 276 g/mol. The van der Waals surface area contributed by atoms with Gasteiger partial charge in [0.1, 0.15) is 0 Å². The topological polar surface area (TPSA) is 29.3 Å². The van der Waals surface area contributed by atoms with Gasteiger partial charge in [-0.05, 0) is 42.9 Å². The van der Waals surface area contributed by atoms with Crippen LogP contribution < -0.4 is 5.73 Å². The molecular weight excluding hydrogens is 244 g/mol. The molecule has 0 spiro atoms. The van der Waals surface area contributed by atoms with Crippen molar-refractivity contribution in [3.63, 3.8) is 0 Å². The number of benzene rings is 1. The highest BCUT2D eigenvalue weighted by molar-refractivity contribution is 5.27. The SMILES string of the molecule is CCC(CC)N(Cc1ccccc1CCN)CC(C)C. The van der Waals surface area contributed by atoms with Gasteiger partial charge in [0, 0.05) is 19.1 Å². The molecule has 0 saturated heterocycles. The van der Waals surface area contributed by atoms with Gasteiger partial charge in [0.25, 0.3) is 0 Å². The summed E-state index contributed by atoms with van der Waals surface area (Å²) in [6.45, 7) is 12.2. The first kappa shape index (κ1) is 17.2. The van der Waals surface area contributed by atoms with Crippen molar-refractivity contribution in [3.05, 3.63) is 35.4 Å². The minimum absolute atomic E-state index is 0.684. The van der Waals surface area contributed by atoms with Crippen LogP contribution in [0.1, 0.15) is 51.7 Å². The number of hydrogen-bond acceptors (Lipinski definition) is 2. The van der Waals surface area contributed by atoms with Crippen molar-refractivity contribution in [2.45, 2.75) is 59.5 Å². The fourth-order valence-corrected chi connectivity index (χ4v) is 2.95. The summed E-state index contributed by atoms with van der Waals surface area (Å²) < 4.78 is 0. The van der Waals surface area contributed by atoms with Crippen molar-refractivity contribution in [2.75, 3.05) is 13.1 Å². The van der Waals surface area contributed by atoms with Crippen molar-refractivity contribution >= 4 is 0 Å². The lowest BCUT2D eigenvalue weighted by Crippen LogP contribution is -2.37. The van der Waals surface area contributed by atoms with Gasteiger partial charge in [0.05, 0.1) is 0 Å². The van der Waals surface area contributed by atoms with Crippen LogP contribution in [0, 0.1) is 5.92 Å². The van der Waals surface area contributed by atoms with Crippen molar-refractivity contribution in [2.24, 2.45) is 11.7 Å². The van der Waals surface area contributed by atoms with Crippen LogP contribution >= 0.6 is 0 Å². The van der Waals surface area contributed by atoms with Crippen LogP contribution in [-0.2, 0) is 13.0 Å². The Balaban J connectivity index is 2.88. The maximum absolute atomic E-state index is 5.74. The monoisotopic (exact) mass is 276 g/mol. The molecule has 0 aromatic heterocycles. The third-order valence-electron chi connectivity index (χ3n) is 3.96. The number of hydrogen-bond donors (Lipinski definition) is 1. The van der Waals surface area contributed by atoms with Gasteiger partial charge in [0.2, 0.25) is 0 Å². The van der Waals surface area contributed by atoms with E-state index in [-0.39, 0.29) is 0 Å². The Bertz CT molecular complexity index is 369. The molecule has 0 radical (unpaired) electrons. The molecule has 2 nitrogen and oxygen atoms in total. The van der Waals surface area contributed by atoms with Crippen LogP contribution in [0.15, 0.2) is 24.3 Å². The van der Waals surface area contributed by atoms with Crippen LogP contribution in [0.2, 0.25) is 0 Å². The van der Waals surface area contributed by atoms with Crippen molar-refractivity contribution in [1.82, 2.24) is 4.90 Å². The molecule has 1 aromatic rings. The van der Waals surface area contributed by atoms with Crippen LogP contribution in [-0.4, -0.2) is 24.0 Å². The Hall–Kier alpha value is -0.860. The van der Waals surface area contributed by atoms with Gasteiger partial charge in [-0.15, -0.1) is 0 Å². The van der Waals surface area contributed by atoms with E-state index in [1.165, 1.54) is 30.5 Å². The molecule has 0 unspecified atom stereocenters. The lowest BCUT2D eigenvalue weighted by Gasteiger charge is -2.32. The number of rotatable bonds is 9. The summed E-state index contributed by atoms with van der Waals surface area (Å²) in [6, 6.07) is 9.45. The molecule has 0 aliphatic carbocycles. The summed E-state index contributed by atoms with van der Waals surface area (Å²) >= 11 is 0. The molecule has 114 valence electrons. The summed E-state index contributed by atoms with van der Waals surface area (Å²) in [4.78, 5) is 2.65. The van der Waals surface area contributed by atoms with Crippen LogP contribution in [0.5, 0.6) is 0 Å². The Kier molecular flexibility index (Phi) is 7.86. The number of nitrogens with zero attached hydrogens (tertiary/aromatic N) is 1. The zero-order chi connectivity index (χ0) is 15.0. The second-order valence-corrected chi connectivity index (χ2v) is 6.10. The molecular formula is C18H32N2. The fraction of sp³-hybridized carbons (Fsp3) is 0.667. The zero-order valence-electron chi connectivity index (χ0n) is 13.7. The van der Waals surface area contributed by atoms with Gasteiger partial charge in [0.15, 0.2) is 0 Å². The van der Waals surface area contributed by atoms with Crippen molar-refractivity contribution in [3.8, 4) is 0 Å². The van der Waals surface area contributed by atoms with E-state index >= 15 is 0 Å². The molecule has 0 bridgehead atoms. The smallest absolute Gasteiger partial charge is 0.0239 e. The van der Waals surface area contributed by atoms with Crippen molar-refractivity contribution < 1.29 is 0 Å². The predicted octanol–water partition coefficient (Wildman–Crippen LogP) is 3.83. The van der Waals surface area contributed by atoms with Gasteiger partial charge in [-0.1, -0.05) is 52.0 Å². The minimum atomic E-state index is 0.684. The molecule has 2 N–H and O–H groups in total. The fourth-order valence-electron chi connectivity index (χ4n) is 2.95. The maximum Gasteiger partial charge on any atom is 0.0239 e. The Morgan fingerprint density at radius 1 is 1.05 bits per heavy atom. The summed E-state index contributed by atoms with van der Waals surface area (Å²) in [6.07, 6.45) is 3.43. The third kappa shape index (κ3) is 5.26. The van der Waals surface area contributed by atoms with Gasteiger partial charge in [-0.3, -0.25) is 4.90 Å². The second-order valence-electron chi connectivity index (χ2n) is 6.10. The van der Waals surface area contributed by atoms with Crippen LogP contribution in [0.25, 0.3) is 0 Å². The highest BCUT2D eigenvalue weighted by atomic mass is 15.2. The van der Waals surface area contributed by atoms with E-state index in [0.29, 0.717) is 12.0 Å². The summed E-state index contributed by atoms with van der Waals surface area (Å²) in [5, 5.41) is 0. The average Bonchev–Trinajstić information content (AvgIpc) is 2.42. The predicted molar refractivity (Wildman–Crippen MR) is 88.8 cm³/mol. The molecule has 0 fully saturated rings. The quantitative estimate of drug-likeness (QED) is 0.742. The molecule has 0 saturated carbocycles. The summed E-state index contributed by atoms with van der Waals surface area (Å²) in [7, 11) is 0. The first-order valence-electron chi connectivity index (χ1n) is 8.13. The van der Waals surface area contributed by atoms with E-state index in [1.807, 2.05) is 0 Å². The molecule has 2 heteroatoms. The molecule has 0 heterocycles. The van der Waals surface area contributed by atoms with E-state index in [4.69, 9.17) is 5.73 Å². The minimum Gasteiger partial charge on any atom is -0.330 e. The third-order valence-corrected chi connectivity index (χ3v) is 3.96. The lowest BCUT2D eigenvalue weighted by molar-refractivity contribution is 0.157. The van der Waals surface area contributed by atoms with E-state index in [1.54, 1.807) is 0 Å². The first-order chi connectivity index (χ1) is 9.62. The van der Waals surface area contributed by atoms with Gasteiger partial charge < -0.3 is 5.73 Å². The van der Waals surface area contributed by atoms with E-state index in [0.717, 1.165) is 19.5 Å². The van der Waals surface area contributed by atoms with E-state index in [2.05, 4.69) is 56.9 Å². The van der Waals surface area contributed by atoms with Crippen LogP contribution in [0.4, 0.5) is 0 Å². The second kappa shape index (κ2) is 9.15. The normalized spacial score (nSPS) is 11.8.